The van der Waals surface area contributed by atoms with E-state index in [0.717, 1.165) is 47.3 Å². The van der Waals surface area contributed by atoms with Crippen LogP contribution in [0.5, 0.6) is 28.7 Å². The van der Waals surface area contributed by atoms with E-state index in [-0.39, 0.29) is 76.2 Å². The highest BCUT2D eigenvalue weighted by molar-refractivity contribution is 7.98. The lowest BCUT2D eigenvalue weighted by Gasteiger charge is -2.59. The molecule has 0 bridgehead atoms. The molecule has 0 radical (unpaired) electrons. The quantitative estimate of drug-likeness (QED) is 0.0223. The molecule has 2 heterocycles. The van der Waals surface area contributed by atoms with Crippen LogP contribution in [0.4, 0.5) is 10.5 Å². The molecule has 4 aromatic rings. The van der Waals surface area contributed by atoms with Gasteiger partial charge < -0.3 is 43.5 Å². The Kier molecular flexibility index (Phi) is 16.8. The van der Waals surface area contributed by atoms with Gasteiger partial charge in [-0.05, 0) is 134 Å². The molecule has 6 atom stereocenters. The van der Waals surface area contributed by atoms with Crippen molar-refractivity contribution in [3.8, 4) is 28.7 Å². The number of rotatable bonds is 24. The molecule has 2 aliphatic carbocycles. The molecular formula is C54H61N3O12S. The molecule has 2 aliphatic heterocycles. The minimum absolute atomic E-state index is 0.0117. The number of nitrogens with zero attached hydrogens (tertiary/aromatic N) is 3. The third kappa shape index (κ3) is 11.2. The average Bonchev–Trinajstić information content (AvgIpc) is 3.85. The lowest BCUT2D eigenvalue weighted by Crippen LogP contribution is -2.70. The molecule has 70 heavy (non-hydrogen) atoms. The summed E-state index contributed by atoms with van der Waals surface area (Å²) in [4.78, 5) is 34.9. The molecule has 4 aliphatic rings. The zero-order chi connectivity index (χ0) is 49.0. The molecule has 0 spiro atoms. The number of nitro benzene ring substituents is 1. The van der Waals surface area contributed by atoms with Crippen LogP contribution in [0.3, 0.4) is 0 Å². The lowest BCUT2D eigenvalue weighted by atomic mass is 9.55. The summed E-state index contributed by atoms with van der Waals surface area (Å²) in [5.41, 5.74) is 3.69. The number of non-ortho nitro benzene ring substituents is 1. The first-order valence-electron chi connectivity index (χ1n) is 23.9. The monoisotopic (exact) mass is 975 g/mol. The predicted octanol–water partition coefficient (Wildman–Crippen LogP) is 10.9. The Morgan fingerprint density at radius 2 is 1.64 bits per heavy atom. The Bertz CT molecular complexity index is 2530. The van der Waals surface area contributed by atoms with Crippen molar-refractivity contribution in [2.75, 3.05) is 39.5 Å². The number of aliphatic hydroxyl groups is 2. The number of nitro groups is 1. The van der Waals surface area contributed by atoms with Crippen molar-refractivity contribution in [1.82, 2.24) is 4.90 Å². The van der Waals surface area contributed by atoms with E-state index in [1.807, 2.05) is 66.9 Å². The highest BCUT2D eigenvalue weighted by atomic mass is 32.2. The molecular weight excluding hydrogens is 915 g/mol. The Morgan fingerprint density at radius 1 is 0.914 bits per heavy atom. The van der Waals surface area contributed by atoms with Crippen molar-refractivity contribution in [1.29, 1.82) is 0 Å². The van der Waals surface area contributed by atoms with E-state index in [1.165, 1.54) is 12.1 Å². The van der Waals surface area contributed by atoms with E-state index < -0.39 is 28.8 Å². The normalized spacial score (nSPS) is 22.2. The summed E-state index contributed by atoms with van der Waals surface area (Å²) >= 11 is 1.65. The van der Waals surface area contributed by atoms with Crippen molar-refractivity contribution >= 4 is 29.3 Å². The van der Waals surface area contributed by atoms with Gasteiger partial charge >= 0.3 is 6.09 Å². The fraction of sp³-hybridized carbons (Fsp3) is 0.407. The second-order valence-corrected chi connectivity index (χ2v) is 18.6. The van der Waals surface area contributed by atoms with Gasteiger partial charge in [-0.25, -0.2) is 4.79 Å². The van der Waals surface area contributed by atoms with Gasteiger partial charge in [-0.15, -0.1) is 24.9 Å². The van der Waals surface area contributed by atoms with Gasteiger partial charge in [0.25, 0.3) is 5.69 Å². The maximum atomic E-state index is 14.9. The van der Waals surface area contributed by atoms with Crippen molar-refractivity contribution in [3.05, 3.63) is 149 Å². The number of unbranched alkanes of at least 4 members (excludes halogenated alkanes) is 2. The summed E-state index contributed by atoms with van der Waals surface area (Å²) in [7, 11) is 0. The van der Waals surface area contributed by atoms with Gasteiger partial charge in [0.15, 0.2) is 11.5 Å². The fourth-order valence-corrected chi connectivity index (χ4v) is 10.6. The molecule has 4 aromatic carbocycles. The van der Waals surface area contributed by atoms with E-state index in [0.29, 0.717) is 59.3 Å². The average molecular weight is 976 g/mol. The van der Waals surface area contributed by atoms with Crippen LogP contribution in [0.1, 0.15) is 74.0 Å². The lowest BCUT2D eigenvalue weighted by molar-refractivity contribution is -0.384. The van der Waals surface area contributed by atoms with Crippen LogP contribution in [0.2, 0.25) is 0 Å². The number of thioether (sulfide) groups is 1. The zero-order valence-electron chi connectivity index (χ0n) is 39.4. The van der Waals surface area contributed by atoms with E-state index in [1.54, 1.807) is 40.9 Å². The largest absolute Gasteiger partial charge is 0.459 e. The van der Waals surface area contributed by atoms with Gasteiger partial charge in [0.1, 0.15) is 29.9 Å². The maximum absolute atomic E-state index is 14.9. The maximum Gasteiger partial charge on any atom is 0.410 e. The highest BCUT2D eigenvalue weighted by Crippen LogP contribution is 2.62. The Balaban J connectivity index is 1.32. The smallest absolute Gasteiger partial charge is 0.410 e. The molecule has 15 nitrogen and oxygen atoms in total. The molecule has 2 N–H and O–H groups in total. The summed E-state index contributed by atoms with van der Waals surface area (Å²) in [5.74, 6) is 0.470. The van der Waals surface area contributed by atoms with Crippen LogP contribution >= 0.6 is 11.8 Å². The number of carbonyl (C=O) groups excluding carboxylic acids is 1. The second-order valence-electron chi connectivity index (χ2n) is 17.8. The Hall–Kier alpha value is -6.33. The summed E-state index contributed by atoms with van der Waals surface area (Å²) in [5, 5.41) is 36.5. The standard InChI is InChI=1S/C54H61N3O12S/c1-4-6-28-63-53(60)56(33-37-15-23-48-49(29-37)65-35-64-48)50-32-46(55-67-34-36-13-16-39(17-14-36)57(61)62)44-30-38(11-7-9-25-58)43(12-8-10-26-59)51-45-31-41(68-40-18-21-42(70-3)22-19-40)20-24-47(45)69-54(50,52(44)51)66-27-5-2/h4-5,13-24,29-31,38,43,50-52,58-59H,1-2,6-12,25-28,32-35H2,3H3/t38-,43+,50-,51+,52+,54+/m0/s1. The van der Waals surface area contributed by atoms with Gasteiger partial charge in [0, 0.05) is 54.7 Å². The van der Waals surface area contributed by atoms with Crippen LogP contribution < -0.4 is 18.9 Å². The number of hydrogen-bond donors (Lipinski definition) is 2. The van der Waals surface area contributed by atoms with Crippen molar-refractivity contribution < 1.29 is 53.2 Å². The summed E-state index contributed by atoms with van der Waals surface area (Å²) < 4.78 is 38.6. The molecule has 370 valence electrons. The first kappa shape index (κ1) is 50.1. The van der Waals surface area contributed by atoms with Gasteiger partial charge in [-0.2, -0.15) is 0 Å². The molecule has 0 saturated heterocycles. The van der Waals surface area contributed by atoms with Gasteiger partial charge in [0.05, 0.1) is 29.8 Å². The highest BCUT2D eigenvalue weighted by Gasteiger charge is 2.65. The number of allylic oxidation sites excluding steroid dienone is 1. The molecule has 0 unspecified atom stereocenters. The third-order valence-electron chi connectivity index (χ3n) is 13.4. The number of fused-ring (bicyclic) bond motifs is 3. The molecule has 1 fully saturated rings. The number of aliphatic hydroxyl groups excluding tert-OH is 2. The second kappa shape index (κ2) is 23.5. The molecule has 1 saturated carbocycles. The van der Waals surface area contributed by atoms with Crippen molar-refractivity contribution in [3.63, 3.8) is 0 Å². The molecule has 8 rings (SSSR count). The van der Waals surface area contributed by atoms with Crippen LogP contribution in [-0.2, 0) is 27.5 Å². The molecule has 1 amide bonds. The predicted molar refractivity (Wildman–Crippen MR) is 265 cm³/mol. The minimum atomic E-state index is -1.57. The van der Waals surface area contributed by atoms with E-state index in [2.05, 4.69) is 19.2 Å². The third-order valence-corrected chi connectivity index (χ3v) is 14.2. The summed E-state index contributed by atoms with van der Waals surface area (Å²) in [6.07, 6.45) is 11.8. The van der Waals surface area contributed by atoms with E-state index >= 15 is 0 Å². The number of carbonyl (C=O) groups is 1. The number of amides is 1. The first-order chi connectivity index (χ1) is 34.2. The number of oxime groups is 1. The van der Waals surface area contributed by atoms with Crippen LogP contribution in [-0.4, -0.2) is 83.1 Å². The van der Waals surface area contributed by atoms with Crippen LogP contribution in [0.25, 0.3) is 0 Å². The number of ether oxygens (including phenoxy) is 6. The van der Waals surface area contributed by atoms with E-state index in [4.69, 9.17) is 38.4 Å². The number of hydrogen-bond acceptors (Lipinski definition) is 14. The number of benzene rings is 4. The van der Waals surface area contributed by atoms with Crippen LogP contribution in [0, 0.1) is 27.9 Å². The van der Waals surface area contributed by atoms with Crippen molar-refractivity contribution in [2.45, 2.75) is 87.2 Å². The molecule has 0 aromatic heterocycles. The Morgan fingerprint density at radius 3 is 2.37 bits per heavy atom. The summed E-state index contributed by atoms with van der Waals surface area (Å²) in [6.45, 7) is 8.29. The van der Waals surface area contributed by atoms with E-state index in [9.17, 15) is 25.1 Å². The van der Waals surface area contributed by atoms with Crippen molar-refractivity contribution in [2.24, 2.45) is 22.9 Å². The fourth-order valence-electron chi connectivity index (χ4n) is 10.2. The SMILES string of the molecule is C=CCCOC(=O)N(Cc1ccc2c(c1)OCO2)[C@H]1CC(=NOCc2ccc([N+](=O)[O-])cc2)C2=C[C@H](CCCCO)[C@@H](CCCCO)[C@@H]3c4cc(Oc5ccc(SC)cc5)ccc4O[C@@]1(OCC=C)[C@H]23. The molecule has 16 heteroatoms. The Labute approximate surface area is 412 Å². The zero-order valence-corrected chi connectivity index (χ0v) is 40.3. The first-order valence-corrected chi connectivity index (χ1v) is 25.1. The topological polar surface area (TPSA) is 181 Å². The minimum Gasteiger partial charge on any atom is -0.459 e. The van der Waals surface area contributed by atoms with Gasteiger partial charge in [-0.1, -0.05) is 42.3 Å². The van der Waals surface area contributed by atoms with Crippen LogP contribution in [0.15, 0.2) is 132 Å². The summed E-state index contributed by atoms with van der Waals surface area (Å²) in [6, 6.07) is 24.5. The van der Waals surface area contributed by atoms with Gasteiger partial charge in [0.2, 0.25) is 12.6 Å². The van der Waals surface area contributed by atoms with Gasteiger partial charge in [-0.3, -0.25) is 15.0 Å².